The molecule has 2 amide bonds. The van der Waals surface area contributed by atoms with Gasteiger partial charge in [0, 0.05) is 26.1 Å². The molecule has 0 saturated carbocycles. The number of aliphatic carboxylic acids is 2. The van der Waals surface area contributed by atoms with Gasteiger partial charge in [0.2, 0.25) is 0 Å². The summed E-state index contributed by atoms with van der Waals surface area (Å²) in [7, 11) is 0. The van der Waals surface area contributed by atoms with Crippen LogP contribution in [0.4, 0.5) is 4.79 Å². The Bertz CT molecular complexity index is 721. The maximum Gasteiger partial charge on any atom is 0.326 e. The molecule has 1 aromatic carbocycles. The molecule has 0 radical (unpaired) electrons. The fraction of sp³-hybridized carbons (Fsp3) is 0.591. The predicted molar refractivity (Wildman–Crippen MR) is 110 cm³/mol. The van der Waals surface area contributed by atoms with Gasteiger partial charge in [0.1, 0.15) is 6.04 Å². The molecule has 2 atom stereocenters. The van der Waals surface area contributed by atoms with E-state index in [1.807, 2.05) is 24.3 Å². The first-order chi connectivity index (χ1) is 13.9. The van der Waals surface area contributed by atoms with E-state index in [4.69, 9.17) is 0 Å². The number of rotatable bonds is 10. The Labute approximate surface area is 172 Å². The molecule has 0 unspecified atom stereocenters. The van der Waals surface area contributed by atoms with Crippen molar-refractivity contribution in [1.82, 2.24) is 9.80 Å². The normalized spacial score (nSPS) is 16.8. The van der Waals surface area contributed by atoms with Crippen molar-refractivity contribution in [2.24, 2.45) is 5.92 Å². The standard InChI is InChI=1S/C22H32N2O5/c1-3-5-6-7-12-18(20(25)26)14-23(4-2)22(29)24-15-17-11-9-8-10-16(17)13-19(24)21(27)28/h8-11,18-19H,3-7,12-15H2,1-2H3,(H,25,26)(H,27,28)/t18-,19-/m0/s1. The van der Waals surface area contributed by atoms with Gasteiger partial charge < -0.3 is 20.0 Å². The van der Waals surface area contributed by atoms with E-state index in [9.17, 15) is 24.6 Å². The summed E-state index contributed by atoms with van der Waals surface area (Å²) < 4.78 is 0. The van der Waals surface area contributed by atoms with Gasteiger partial charge in [-0.2, -0.15) is 0 Å². The molecule has 0 spiro atoms. The second-order valence-electron chi connectivity index (χ2n) is 7.66. The highest BCUT2D eigenvalue weighted by Crippen LogP contribution is 2.25. The van der Waals surface area contributed by atoms with Crippen molar-refractivity contribution >= 4 is 18.0 Å². The Morgan fingerprint density at radius 1 is 1.10 bits per heavy atom. The van der Waals surface area contributed by atoms with Crippen LogP contribution in [0.25, 0.3) is 0 Å². The first kappa shape index (κ1) is 22.7. The van der Waals surface area contributed by atoms with Gasteiger partial charge >= 0.3 is 18.0 Å². The van der Waals surface area contributed by atoms with Crippen LogP contribution < -0.4 is 0 Å². The zero-order chi connectivity index (χ0) is 21.4. The predicted octanol–water partition coefficient (Wildman–Crippen LogP) is 3.61. The summed E-state index contributed by atoms with van der Waals surface area (Å²) >= 11 is 0. The molecular weight excluding hydrogens is 372 g/mol. The number of nitrogens with zero attached hydrogens (tertiary/aromatic N) is 2. The molecule has 0 bridgehead atoms. The summed E-state index contributed by atoms with van der Waals surface area (Å²) in [6, 6.07) is 6.17. The number of carbonyl (C=O) groups excluding carboxylic acids is 1. The van der Waals surface area contributed by atoms with Crippen LogP contribution in [0.3, 0.4) is 0 Å². The Kier molecular flexibility index (Phi) is 8.49. The van der Waals surface area contributed by atoms with Gasteiger partial charge in [0.25, 0.3) is 0 Å². The molecule has 7 heteroatoms. The third-order valence-corrected chi connectivity index (χ3v) is 5.63. The molecule has 2 rings (SSSR count). The van der Waals surface area contributed by atoms with E-state index in [0.29, 0.717) is 13.0 Å². The summed E-state index contributed by atoms with van der Waals surface area (Å²) in [5.74, 6) is -2.60. The minimum Gasteiger partial charge on any atom is -0.481 e. The third kappa shape index (κ3) is 5.95. The molecule has 1 heterocycles. The van der Waals surface area contributed by atoms with Crippen molar-refractivity contribution in [2.45, 2.75) is 65.0 Å². The first-order valence-electron chi connectivity index (χ1n) is 10.5. The lowest BCUT2D eigenvalue weighted by atomic mass is 9.94. The lowest BCUT2D eigenvalue weighted by Crippen LogP contribution is -2.54. The van der Waals surface area contributed by atoms with E-state index in [-0.39, 0.29) is 19.5 Å². The average Bonchev–Trinajstić information content (AvgIpc) is 2.71. The summed E-state index contributed by atoms with van der Waals surface area (Å²) in [5.41, 5.74) is 1.87. The minimum absolute atomic E-state index is 0.0985. The van der Waals surface area contributed by atoms with E-state index in [1.54, 1.807) is 6.92 Å². The van der Waals surface area contributed by atoms with Crippen LogP contribution >= 0.6 is 0 Å². The Hall–Kier alpha value is -2.57. The van der Waals surface area contributed by atoms with Crippen molar-refractivity contribution in [1.29, 1.82) is 0 Å². The maximum atomic E-state index is 13.2. The highest BCUT2D eigenvalue weighted by molar-refractivity contribution is 5.84. The monoisotopic (exact) mass is 404 g/mol. The maximum absolute atomic E-state index is 13.2. The van der Waals surface area contributed by atoms with Gasteiger partial charge in [-0.1, -0.05) is 56.9 Å². The molecule has 1 aliphatic rings. The van der Waals surface area contributed by atoms with Gasteiger partial charge in [-0.05, 0) is 24.5 Å². The first-order valence-corrected chi connectivity index (χ1v) is 10.5. The molecule has 0 fully saturated rings. The number of unbranched alkanes of at least 4 members (excludes halogenated alkanes) is 3. The number of hydrogen-bond donors (Lipinski definition) is 2. The largest absolute Gasteiger partial charge is 0.481 e. The Morgan fingerprint density at radius 3 is 2.38 bits per heavy atom. The second kappa shape index (κ2) is 10.8. The van der Waals surface area contributed by atoms with E-state index < -0.39 is 29.9 Å². The SMILES string of the molecule is CCCCCC[C@@H](CN(CC)C(=O)N1Cc2ccccc2C[C@H]1C(=O)O)C(=O)O. The topological polar surface area (TPSA) is 98.2 Å². The number of carboxylic acid groups (broad SMARTS) is 2. The summed E-state index contributed by atoms with van der Waals surface area (Å²) in [6.45, 7) is 4.55. The number of benzene rings is 1. The second-order valence-corrected chi connectivity index (χ2v) is 7.66. The van der Waals surface area contributed by atoms with Gasteiger partial charge in [0.15, 0.2) is 0 Å². The number of hydrogen-bond acceptors (Lipinski definition) is 3. The molecule has 29 heavy (non-hydrogen) atoms. The molecule has 7 nitrogen and oxygen atoms in total. The van der Waals surface area contributed by atoms with Crippen molar-refractivity contribution in [3.05, 3.63) is 35.4 Å². The summed E-state index contributed by atoms with van der Waals surface area (Å²) in [5, 5.41) is 19.3. The molecule has 0 saturated heterocycles. The lowest BCUT2D eigenvalue weighted by Gasteiger charge is -2.38. The zero-order valence-electron chi connectivity index (χ0n) is 17.3. The van der Waals surface area contributed by atoms with Crippen LogP contribution in [0.1, 0.15) is 57.1 Å². The molecule has 0 aromatic heterocycles. The fourth-order valence-electron chi connectivity index (χ4n) is 3.85. The molecule has 1 aromatic rings. The number of urea groups is 1. The zero-order valence-corrected chi connectivity index (χ0v) is 17.3. The Morgan fingerprint density at radius 2 is 1.79 bits per heavy atom. The smallest absolute Gasteiger partial charge is 0.326 e. The van der Waals surface area contributed by atoms with E-state index in [0.717, 1.165) is 36.8 Å². The fourth-order valence-corrected chi connectivity index (χ4v) is 3.85. The van der Waals surface area contributed by atoms with E-state index in [1.165, 1.54) is 9.80 Å². The Balaban J connectivity index is 2.13. The van der Waals surface area contributed by atoms with Crippen molar-refractivity contribution in [3.63, 3.8) is 0 Å². The van der Waals surface area contributed by atoms with Gasteiger partial charge in [-0.15, -0.1) is 0 Å². The van der Waals surface area contributed by atoms with Gasteiger partial charge in [0.05, 0.1) is 5.92 Å². The van der Waals surface area contributed by atoms with Gasteiger partial charge in [-0.3, -0.25) is 4.79 Å². The van der Waals surface area contributed by atoms with Crippen LogP contribution in [-0.2, 0) is 22.6 Å². The molecular formula is C22H32N2O5. The van der Waals surface area contributed by atoms with Crippen molar-refractivity contribution in [3.8, 4) is 0 Å². The van der Waals surface area contributed by atoms with Crippen LogP contribution in [0.15, 0.2) is 24.3 Å². The number of amides is 2. The molecule has 0 aliphatic carbocycles. The number of fused-ring (bicyclic) bond motifs is 1. The van der Waals surface area contributed by atoms with Crippen LogP contribution in [0.5, 0.6) is 0 Å². The summed E-state index contributed by atoms with van der Waals surface area (Å²) in [6.07, 6.45) is 4.70. The third-order valence-electron chi connectivity index (χ3n) is 5.63. The quantitative estimate of drug-likeness (QED) is 0.581. The number of carbonyl (C=O) groups is 3. The van der Waals surface area contributed by atoms with Crippen LogP contribution in [0, 0.1) is 5.92 Å². The molecule has 1 aliphatic heterocycles. The highest BCUT2D eigenvalue weighted by Gasteiger charge is 2.37. The number of carboxylic acids is 2. The van der Waals surface area contributed by atoms with Crippen LogP contribution in [0.2, 0.25) is 0 Å². The minimum atomic E-state index is -1.04. The van der Waals surface area contributed by atoms with Crippen molar-refractivity contribution < 1.29 is 24.6 Å². The lowest BCUT2D eigenvalue weighted by molar-refractivity contribution is -0.144. The van der Waals surface area contributed by atoms with Gasteiger partial charge in [-0.25, -0.2) is 9.59 Å². The highest BCUT2D eigenvalue weighted by atomic mass is 16.4. The average molecular weight is 405 g/mol. The molecule has 160 valence electrons. The molecule has 2 N–H and O–H groups in total. The van der Waals surface area contributed by atoms with Crippen molar-refractivity contribution in [2.75, 3.05) is 13.1 Å². The van der Waals surface area contributed by atoms with Crippen LogP contribution in [-0.4, -0.2) is 57.1 Å². The van der Waals surface area contributed by atoms with E-state index >= 15 is 0 Å². The summed E-state index contributed by atoms with van der Waals surface area (Å²) in [4.78, 5) is 39.5. The van der Waals surface area contributed by atoms with E-state index in [2.05, 4.69) is 6.92 Å².